The van der Waals surface area contributed by atoms with Gasteiger partial charge in [-0.05, 0) is 25.7 Å². The molecule has 0 bridgehead atoms. The minimum atomic E-state index is -0.0880. The molecule has 0 aromatic heterocycles. The molecule has 2 rings (SSSR count). The average Bonchev–Trinajstić information content (AvgIpc) is 2.66. The van der Waals surface area contributed by atoms with Crippen LogP contribution < -0.4 is 0 Å². The van der Waals surface area contributed by atoms with E-state index in [-0.39, 0.29) is 5.60 Å². The van der Waals surface area contributed by atoms with Crippen LogP contribution in [0.25, 0.3) is 0 Å². The molecule has 0 radical (unpaired) electrons. The third kappa shape index (κ3) is 1.32. The zero-order valence-electron chi connectivity index (χ0n) is 6.93. The first-order valence-corrected chi connectivity index (χ1v) is 4.36. The molecule has 0 unspecified atom stereocenters. The Hall–Kier alpha value is -0.370. The van der Waals surface area contributed by atoms with Crippen molar-refractivity contribution in [2.45, 2.75) is 38.2 Å². The summed E-state index contributed by atoms with van der Waals surface area (Å²) in [6.45, 7) is 2.73. The van der Waals surface area contributed by atoms with E-state index in [0.29, 0.717) is 31.1 Å². The molecule has 0 aromatic carbocycles. The van der Waals surface area contributed by atoms with E-state index >= 15 is 0 Å². The maximum absolute atomic E-state index is 11.1. The zero-order valence-corrected chi connectivity index (χ0v) is 6.93. The van der Waals surface area contributed by atoms with Crippen molar-refractivity contribution in [3.8, 4) is 0 Å². The number of hydrogen-bond donors (Lipinski definition) is 0. The number of carbonyl (C=O) groups excluding carboxylic acids is 1. The Labute approximate surface area is 66.9 Å². The number of carbonyl (C=O) groups is 1. The minimum absolute atomic E-state index is 0.0880. The van der Waals surface area contributed by atoms with Crippen LogP contribution in [0.15, 0.2) is 0 Å². The molecule has 2 nitrogen and oxygen atoms in total. The van der Waals surface area contributed by atoms with Crippen molar-refractivity contribution < 1.29 is 9.53 Å². The van der Waals surface area contributed by atoms with Gasteiger partial charge >= 0.3 is 0 Å². The summed E-state index contributed by atoms with van der Waals surface area (Å²) in [6.07, 6.45) is 3.79. The zero-order chi connectivity index (χ0) is 7.90. The van der Waals surface area contributed by atoms with Crippen LogP contribution >= 0.6 is 0 Å². The van der Waals surface area contributed by atoms with Crippen molar-refractivity contribution >= 4 is 5.78 Å². The minimum Gasteiger partial charge on any atom is -0.374 e. The fourth-order valence-corrected chi connectivity index (χ4v) is 1.89. The standard InChI is InChI=1S/C9H14O2/c1-9(7-2-3-7)6-8(10)4-5-11-9/h7H,2-6H2,1H3/t9-/m1/s1. The van der Waals surface area contributed by atoms with Gasteiger partial charge in [0.25, 0.3) is 0 Å². The molecular weight excluding hydrogens is 140 g/mol. The van der Waals surface area contributed by atoms with Gasteiger partial charge in [0.05, 0.1) is 12.2 Å². The third-order valence-electron chi connectivity index (χ3n) is 2.80. The van der Waals surface area contributed by atoms with Crippen LogP contribution in [0.3, 0.4) is 0 Å². The summed E-state index contributed by atoms with van der Waals surface area (Å²) >= 11 is 0. The van der Waals surface area contributed by atoms with Crippen LogP contribution in [0.5, 0.6) is 0 Å². The van der Waals surface area contributed by atoms with E-state index in [2.05, 4.69) is 6.92 Å². The second kappa shape index (κ2) is 2.31. The van der Waals surface area contributed by atoms with Gasteiger partial charge in [-0.15, -0.1) is 0 Å². The van der Waals surface area contributed by atoms with Crippen LogP contribution in [0, 0.1) is 5.92 Å². The van der Waals surface area contributed by atoms with E-state index in [0.717, 1.165) is 0 Å². The summed E-state index contributed by atoms with van der Waals surface area (Å²) in [5, 5.41) is 0. The average molecular weight is 154 g/mol. The molecule has 1 aliphatic carbocycles. The largest absolute Gasteiger partial charge is 0.374 e. The van der Waals surface area contributed by atoms with Crippen LogP contribution in [0.2, 0.25) is 0 Å². The van der Waals surface area contributed by atoms with E-state index in [1.165, 1.54) is 12.8 Å². The van der Waals surface area contributed by atoms with Crippen molar-refractivity contribution in [1.29, 1.82) is 0 Å². The van der Waals surface area contributed by atoms with Crippen LogP contribution in [-0.4, -0.2) is 18.0 Å². The molecule has 0 aromatic rings. The van der Waals surface area contributed by atoms with Crippen LogP contribution in [-0.2, 0) is 9.53 Å². The first-order chi connectivity index (χ1) is 5.21. The lowest BCUT2D eigenvalue weighted by Crippen LogP contribution is -2.39. The number of hydrogen-bond acceptors (Lipinski definition) is 2. The highest BCUT2D eigenvalue weighted by Gasteiger charge is 2.45. The second-order valence-corrected chi connectivity index (χ2v) is 3.90. The smallest absolute Gasteiger partial charge is 0.138 e. The Balaban J connectivity index is 2.04. The second-order valence-electron chi connectivity index (χ2n) is 3.90. The predicted octanol–water partition coefficient (Wildman–Crippen LogP) is 1.53. The Bertz CT molecular complexity index is 184. The van der Waals surface area contributed by atoms with Crippen molar-refractivity contribution in [3.05, 3.63) is 0 Å². The first kappa shape index (κ1) is 7.29. The van der Waals surface area contributed by atoms with Gasteiger partial charge in [0.1, 0.15) is 5.78 Å². The topological polar surface area (TPSA) is 26.3 Å². The van der Waals surface area contributed by atoms with Crippen molar-refractivity contribution in [3.63, 3.8) is 0 Å². The molecule has 11 heavy (non-hydrogen) atoms. The van der Waals surface area contributed by atoms with Gasteiger partial charge in [0, 0.05) is 12.8 Å². The van der Waals surface area contributed by atoms with Gasteiger partial charge in [-0.2, -0.15) is 0 Å². The van der Waals surface area contributed by atoms with Crippen molar-refractivity contribution in [2.75, 3.05) is 6.61 Å². The summed E-state index contributed by atoms with van der Waals surface area (Å²) in [5.41, 5.74) is -0.0880. The Kier molecular flexibility index (Phi) is 1.53. The maximum atomic E-state index is 11.1. The molecule has 1 heterocycles. The molecule has 0 amide bonds. The molecule has 0 spiro atoms. The van der Waals surface area contributed by atoms with E-state index in [1.54, 1.807) is 0 Å². The summed E-state index contributed by atoms with van der Waals surface area (Å²) in [4.78, 5) is 11.1. The lowest BCUT2D eigenvalue weighted by molar-refractivity contribution is -0.140. The summed E-state index contributed by atoms with van der Waals surface area (Å²) in [5.74, 6) is 1.05. The molecule has 1 saturated heterocycles. The number of rotatable bonds is 1. The molecule has 2 fully saturated rings. The van der Waals surface area contributed by atoms with Gasteiger partial charge in [-0.25, -0.2) is 0 Å². The van der Waals surface area contributed by atoms with E-state index in [9.17, 15) is 4.79 Å². The highest BCUT2D eigenvalue weighted by atomic mass is 16.5. The maximum Gasteiger partial charge on any atom is 0.138 e. The Morgan fingerprint density at radius 3 is 2.82 bits per heavy atom. The molecule has 0 N–H and O–H groups in total. The lowest BCUT2D eigenvalue weighted by atomic mass is 9.90. The molecular formula is C9H14O2. The van der Waals surface area contributed by atoms with Crippen LogP contribution in [0.4, 0.5) is 0 Å². The number of ether oxygens (including phenoxy) is 1. The van der Waals surface area contributed by atoms with E-state index in [1.807, 2.05) is 0 Å². The van der Waals surface area contributed by atoms with Gasteiger partial charge in [0.15, 0.2) is 0 Å². The fraction of sp³-hybridized carbons (Fsp3) is 0.889. The SMILES string of the molecule is C[C@]1(C2CC2)CC(=O)CCO1. The monoisotopic (exact) mass is 154 g/mol. The quantitative estimate of drug-likeness (QED) is 0.572. The fourth-order valence-electron chi connectivity index (χ4n) is 1.89. The van der Waals surface area contributed by atoms with Gasteiger partial charge < -0.3 is 4.74 Å². The van der Waals surface area contributed by atoms with E-state index < -0.39 is 0 Å². The number of ketones is 1. The lowest BCUT2D eigenvalue weighted by Gasteiger charge is -2.33. The summed E-state index contributed by atoms with van der Waals surface area (Å²) in [7, 11) is 0. The normalized spacial score (nSPS) is 39.2. The molecule has 2 aliphatic rings. The Morgan fingerprint density at radius 2 is 2.27 bits per heavy atom. The highest BCUT2D eigenvalue weighted by molar-refractivity contribution is 5.80. The molecule has 2 heteroatoms. The molecule has 1 saturated carbocycles. The third-order valence-corrected chi connectivity index (χ3v) is 2.80. The van der Waals surface area contributed by atoms with Crippen molar-refractivity contribution in [2.24, 2.45) is 5.92 Å². The van der Waals surface area contributed by atoms with Crippen molar-refractivity contribution in [1.82, 2.24) is 0 Å². The molecule has 62 valence electrons. The molecule has 1 aliphatic heterocycles. The first-order valence-electron chi connectivity index (χ1n) is 4.36. The van der Waals surface area contributed by atoms with Crippen LogP contribution in [0.1, 0.15) is 32.6 Å². The summed E-state index contributed by atoms with van der Waals surface area (Å²) < 4.78 is 5.64. The number of Topliss-reactive ketones (excluding diaryl/α,β-unsaturated/α-hetero) is 1. The highest BCUT2D eigenvalue weighted by Crippen LogP contribution is 2.45. The van der Waals surface area contributed by atoms with Gasteiger partial charge in [-0.1, -0.05) is 0 Å². The van der Waals surface area contributed by atoms with E-state index in [4.69, 9.17) is 4.74 Å². The molecule has 1 atom stereocenters. The van der Waals surface area contributed by atoms with Gasteiger partial charge in [-0.3, -0.25) is 4.79 Å². The predicted molar refractivity (Wildman–Crippen MR) is 41.3 cm³/mol. The Morgan fingerprint density at radius 1 is 1.55 bits per heavy atom. The summed E-state index contributed by atoms with van der Waals surface area (Å²) in [6, 6.07) is 0. The van der Waals surface area contributed by atoms with Gasteiger partial charge in [0.2, 0.25) is 0 Å².